The molecule has 0 saturated carbocycles. The van der Waals surface area contributed by atoms with Gasteiger partial charge in [-0.1, -0.05) is 6.07 Å². The summed E-state index contributed by atoms with van der Waals surface area (Å²) < 4.78 is 37.0. The highest BCUT2D eigenvalue weighted by atomic mass is 19.1. The first kappa shape index (κ1) is 27.5. The number of ether oxygens (including phenoxy) is 1. The predicted molar refractivity (Wildman–Crippen MR) is 153 cm³/mol. The Morgan fingerprint density at radius 2 is 1.71 bits per heavy atom. The number of amides is 2. The highest BCUT2D eigenvalue weighted by molar-refractivity contribution is 5.93. The molecule has 2 N–H and O–H groups in total. The molecule has 5 aromatic rings. The summed E-state index contributed by atoms with van der Waals surface area (Å²) in [4.78, 5) is 28.8. The van der Waals surface area contributed by atoms with Gasteiger partial charge in [-0.3, -0.25) is 19.4 Å². The Labute approximate surface area is 234 Å². The largest absolute Gasteiger partial charge is 0.444 e. The van der Waals surface area contributed by atoms with Crippen molar-refractivity contribution in [3.63, 3.8) is 0 Å². The topological polar surface area (TPSA) is 103 Å². The first-order chi connectivity index (χ1) is 19.4. The van der Waals surface area contributed by atoms with Crippen molar-refractivity contribution >= 4 is 34.5 Å². The van der Waals surface area contributed by atoms with Gasteiger partial charge in [-0.05, 0) is 74.4 Å². The van der Waals surface area contributed by atoms with E-state index in [1.54, 1.807) is 67.8 Å². The van der Waals surface area contributed by atoms with Crippen LogP contribution < -0.4 is 10.6 Å². The lowest BCUT2D eigenvalue weighted by Gasteiger charge is -2.20. The molecule has 0 fully saturated rings. The lowest BCUT2D eigenvalue weighted by atomic mass is 10.0. The number of fused-ring (bicyclic) bond motifs is 1. The minimum absolute atomic E-state index is 0.188. The molecule has 210 valence electrons. The zero-order valence-corrected chi connectivity index (χ0v) is 23.1. The van der Waals surface area contributed by atoms with E-state index in [1.807, 2.05) is 18.2 Å². The van der Waals surface area contributed by atoms with E-state index in [1.165, 1.54) is 19.1 Å². The summed E-state index contributed by atoms with van der Waals surface area (Å²) in [6.45, 7) is 6.73. The number of aromatic nitrogens is 4. The Morgan fingerprint density at radius 3 is 2.41 bits per heavy atom. The van der Waals surface area contributed by atoms with Crippen molar-refractivity contribution in [1.29, 1.82) is 0 Å². The summed E-state index contributed by atoms with van der Waals surface area (Å²) in [5.41, 5.74) is 3.87. The van der Waals surface area contributed by atoms with Crippen LogP contribution in [0.5, 0.6) is 0 Å². The van der Waals surface area contributed by atoms with Crippen molar-refractivity contribution in [2.24, 2.45) is 7.05 Å². The molecule has 0 unspecified atom stereocenters. The van der Waals surface area contributed by atoms with Gasteiger partial charge in [0.1, 0.15) is 29.4 Å². The molecule has 9 nitrogen and oxygen atoms in total. The maximum atomic E-state index is 14.7. The van der Waals surface area contributed by atoms with Gasteiger partial charge in [-0.15, -0.1) is 0 Å². The van der Waals surface area contributed by atoms with Crippen LogP contribution in [0.25, 0.3) is 39.0 Å². The minimum atomic E-state index is -0.719. The Morgan fingerprint density at radius 1 is 0.927 bits per heavy atom. The molecule has 0 bridgehead atoms. The van der Waals surface area contributed by atoms with Crippen LogP contribution in [-0.2, 0) is 16.6 Å². The standard InChI is InChI=1S/C30H28F2N6O3/c1-17(39)35-21-10-19(23-8-7-20(31)13-25(23)32)11-22(14-21)38-16-33-26-12-18(6-9-27(26)38)24-15-34-37(5)28(24)36-29(40)41-30(2,3)4/h6-16H,1-5H3,(H,35,39)(H,36,40). The molecule has 0 spiro atoms. The van der Waals surface area contributed by atoms with Crippen molar-refractivity contribution in [3.8, 4) is 27.9 Å². The average Bonchev–Trinajstić information content (AvgIpc) is 3.45. The van der Waals surface area contributed by atoms with Crippen LogP contribution in [-0.4, -0.2) is 36.9 Å². The van der Waals surface area contributed by atoms with Crippen LogP contribution in [0.15, 0.2) is 67.1 Å². The third-order valence-electron chi connectivity index (χ3n) is 6.17. The normalized spacial score (nSPS) is 11.5. The third kappa shape index (κ3) is 5.93. The van der Waals surface area contributed by atoms with E-state index in [4.69, 9.17) is 4.74 Å². The lowest BCUT2D eigenvalue weighted by molar-refractivity contribution is -0.114. The number of aryl methyl sites for hydroxylation is 1. The molecule has 5 rings (SSSR count). The molecule has 0 atom stereocenters. The molecule has 0 radical (unpaired) electrons. The average molecular weight is 559 g/mol. The van der Waals surface area contributed by atoms with Crippen LogP contribution in [0, 0.1) is 11.6 Å². The van der Waals surface area contributed by atoms with Gasteiger partial charge < -0.3 is 10.1 Å². The predicted octanol–water partition coefficient (Wildman–Crippen LogP) is 6.68. The first-order valence-electron chi connectivity index (χ1n) is 12.8. The molecule has 0 saturated heterocycles. The summed E-state index contributed by atoms with van der Waals surface area (Å²) in [6.07, 6.45) is 2.67. The van der Waals surface area contributed by atoms with Gasteiger partial charge in [-0.2, -0.15) is 5.10 Å². The van der Waals surface area contributed by atoms with E-state index < -0.39 is 23.3 Å². The lowest BCUT2D eigenvalue weighted by Crippen LogP contribution is -2.28. The number of imidazole rings is 1. The molecule has 3 aromatic carbocycles. The second kappa shape index (κ2) is 10.5. The fourth-order valence-electron chi connectivity index (χ4n) is 4.49. The fourth-order valence-corrected chi connectivity index (χ4v) is 4.49. The van der Waals surface area contributed by atoms with Gasteiger partial charge >= 0.3 is 6.09 Å². The van der Waals surface area contributed by atoms with Crippen LogP contribution in [0.4, 0.5) is 25.1 Å². The first-order valence-corrected chi connectivity index (χ1v) is 12.8. The number of anilines is 2. The number of benzene rings is 3. The fraction of sp³-hybridized carbons (Fsp3) is 0.200. The summed E-state index contributed by atoms with van der Waals surface area (Å²) in [6, 6.07) is 14.1. The number of hydrogen-bond acceptors (Lipinski definition) is 5. The zero-order chi connectivity index (χ0) is 29.5. The SMILES string of the molecule is CC(=O)Nc1cc(-c2ccc(F)cc2F)cc(-n2cnc3cc(-c4cnn(C)c4NC(=O)OC(C)(C)C)ccc32)c1. The smallest absolute Gasteiger partial charge is 0.413 e. The quantitative estimate of drug-likeness (QED) is 0.251. The third-order valence-corrected chi connectivity index (χ3v) is 6.17. The molecule has 2 aromatic heterocycles. The Bertz CT molecular complexity index is 1800. The van der Waals surface area contributed by atoms with Gasteiger partial charge in [0.05, 0.1) is 17.2 Å². The maximum Gasteiger partial charge on any atom is 0.413 e. The van der Waals surface area contributed by atoms with E-state index >= 15 is 0 Å². The maximum absolute atomic E-state index is 14.7. The molecule has 2 amide bonds. The van der Waals surface area contributed by atoms with Crippen molar-refractivity contribution < 1.29 is 23.1 Å². The summed E-state index contributed by atoms with van der Waals surface area (Å²) in [5.74, 6) is -1.23. The number of hydrogen-bond donors (Lipinski definition) is 2. The molecular weight excluding hydrogens is 530 g/mol. The minimum Gasteiger partial charge on any atom is -0.444 e. The zero-order valence-electron chi connectivity index (χ0n) is 23.1. The highest BCUT2D eigenvalue weighted by Crippen LogP contribution is 2.33. The van der Waals surface area contributed by atoms with Crippen molar-refractivity contribution in [1.82, 2.24) is 19.3 Å². The van der Waals surface area contributed by atoms with Crippen LogP contribution >= 0.6 is 0 Å². The number of carbonyl (C=O) groups is 2. The number of nitrogens with one attached hydrogen (secondary N) is 2. The van der Waals surface area contributed by atoms with E-state index in [2.05, 4.69) is 20.7 Å². The van der Waals surface area contributed by atoms with Gasteiger partial charge in [0, 0.05) is 42.5 Å². The molecule has 0 aliphatic heterocycles. The molecule has 2 heterocycles. The molecule has 11 heteroatoms. The summed E-state index contributed by atoms with van der Waals surface area (Å²) in [7, 11) is 1.72. The van der Waals surface area contributed by atoms with Crippen LogP contribution in [0.2, 0.25) is 0 Å². The van der Waals surface area contributed by atoms with Crippen LogP contribution in [0.1, 0.15) is 27.7 Å². The van der Waals surface area contributed by atoms with Crippen molar-refractivity contribution in [2.45, 2.75) is 33.3 Å². The van der Waals surface area contributed by atoms with Crippen molar-refractivity contribution in [3.05, 3.63) is 78.8 Å². The van der Waals surface area contributed by atoms with E-state index in [-0.39, 0.29) is 11.5 Å². The summed E-state index contributed by atoms with van der Waals surface area (Å²) >= 11 is 0. The summed E-state index contributed by atoms with van der Waals surface area (Å²) in [5, 5.41) is 9.80. The van der Waals surface area contributed by atoms with Gasteiger partial charge in [0.2, 0.25) is 5.91 Å². The second-order valence-electron chi connectivity index (χ2n) is 10.5. The van der Waals surface area contributed by atoms with Gasteiger partial charge in [0.25, 0.3) is 0 Å². The second-order valence-corrected chi connectivity index (χ2v) is 10.5. The molecular formula is C30H28F2N6O3. The number of nitrogens with zero attached hydrogens (tertiary/aromatic N) is 4. The Kier molecular flexibility index (Phi) is 7.04. The Hall–Kier alpha value is -5.06. The van der Waals surface area contributed by atoms with Gasteiger partial charge in [-0.25, -0.2) is 18.6 Å². The number of carbonyl (C=O) groups excluding carboxylic acids is 2. The Balaban J connectivity index is 1.54. The monoisotopic (exact) mass is 558 g/mol. The van der Waals surface area contributed by atoms with E-state index in [0.29, 0.717) is 33.8 Å². The molecule has 0 aliphatic rings. The molecule has 41 heavy (non-hydrogen) atoms. The van der Waals surface area contributed by atoms with Gasteiger partial charge in [0.15, 0.2) is 0 Å². The van der Waals surface area contributed by atoms with Crippen LogP contribution in [0.3, 0.4) is 0 Å². The van der Waals surface area contributed by atoms with E-state index in [0.717, 1.165) is 17.1 Å². The highest BCUT2D eigenvalue weighted by Gasteiger charge is 2.20. The van der Waals surface area contributed by atoms with E-state index in [9.17, 15) is 18.4 Å². The van der Waals surface area contributed by atoms with Crippen molar-refractivity contribution in [2.75, 3.05) is 10.6 Å². The number of rotatable bonds is 5. The number of halogens is 2. The molecule has 0 aliphatic carbocycles.